The molecule has 2 aromatic rings. The summed E-state index contributed by atoms with van der Waals surface area (Å²) in [5.74, 6) is -0.742. The van der Waals surface area contributed by atoms with Crippen molar-refractivity contribution in [1.82, 2.24) is 0 Å². The molecular formula is C15H14ClF2N. The summed E-state index contributed by atoms with van der Waals surface area (Å²) in [6.45, 7) is 1.81. The first-order chi connectivity index (χ1) is 8.97. The number of hydrogen-bond donors (Lipinski definition) is 1. The maximum atomic E-state index is 13.3. The molecule has 1 atom stereocenters. The van der Waals surface area contributed by atoms with Gasteiger partial charge in [0.2, 0.25) is 0 Å². The van der Waals surface area contributed by atoms with Gasteiger partial charge in [-0.2, -0.15) is 0 Å². The number of aryl methyl sites for hydroxylation is 1. The van der Waals surface area contributed by atoms with Gasteiger partial charge in [0, 0.05) is 6.04 Å². The molecule has 0 aromatic heterocycles. The Hall–Kier alpha value is -1.45. The third-order valence-electron chi connectivity index (χ3n) is 3.07. The van der Waals surface area contributed by atoms with Crippen molar-refractivity contribution in [2.45, 2.75) is 19.4 Å². The molecule has 0 heterocycles. The number of benzene rings is 2. The third-order valence-corrected chi connectivity index (χ3v) is 3.38. The summed E-state index contributed by atoms with van der Waals surface area (Å²) < 4.78 is 26.4. The number of rotatable bonds is 3. The maximum absolute atomic E-state index is 13.3. The average molecular weight is 282 g/mol. The van der Waals surface area contributed by atoms with E-state index >= 15 is 0 Å². The van der Waals surface area contributed by atoms with E-state index in [1.807, 2.05) is 0 Å². The minimum absolute atomic E-state index is 0.0929. The van der Waals surface area contributed by atoms with Gasteiger partial charge in [0.05, 0.1) is 5.02 Å². The molecule has 0 spiro atoms. The largest absolute Gasteiger partial charge is 0.324 e. The average Bonchev–Trinajstić information content (AvgIpc) is 2.33. The number of halogens is 3. The SMILES string of the molecule is Cc1cc(F)ccc1C(N)Cc1ccc(Cl)c(F)c1. The van der Waals surface area contributed by atoms with Gasteiger partial charge in [-0.3, -0.25) is 0 Å². The van der Waals surface area contributed by atoms with Crippen LogP contribution < -0.4 is 5.73 Å². The van der Waals surface area contributed by atoms with Crippen LogP contribution in [0.3, 0.4) is 0 Å². The Morgan fingerprint density at radius 3 is 2.53 bits per heavy atom. The molecule has 2 N–H and O–H groups in total. The van der Waals surface area contributed by atoms with E-state index in [9.17, 15) is 8.78 Å². The van der Waals surface area contributed by atoms with Crippen LogP contribution in [0.2, 0.25) is 5.02 Å². The molecule has 0 saturated heterocycles. The normalized spacial score (nSPS) is 12.5. The second-order valence-electron chi connectivity index (χ2n) is 4.56. The van der Waals surface area contributed by atoms with Crippen LogP contribution in [0.25, 0.3) is 0 Å². The zero-order chi connectivity index (χ0) is 14.0. The molecule has 2 aromatic carbocycles. The van der Waals surface area contributed by atoms with Crippen LogP contribution in [0.1, 0.15) is 22.7 Å². The number of hydrogen-bond acceptors (Lipinski definition) is 1. The Kier molecular flexibility index (Phi) is 4.17. The van der Waals surface area contributed by atoms with E-state index in [0.717, 1.165) is 16.7 Å². The molecule has 1 unspecified atom stereocenters. The Labute approximate surface area is 116 Å². The van der Waals surface area contributed by atoms with Crippen molar-refractivity contribution in [2.24, 2.45) is 5.73 Å². The lowest BCUT2D eigenvalue weighted by Crippen LogP contribution is -2.15. The molecule has 100 valence electrons. The molecule has 19 heavy (non-hydrogen) atoms. The first kappa shape index (κ1) is 14.0. The highest BCUT2D eigenvalue weighted by atomic mass is 35.5. The second kappa shape index (κ2) is 5.68. The molecule has 0 bridgehead atoms. The van der Waals surface area contributed by atoms with E-state index in [-0.39, 0.29) is 16.9 Å². The van der Waals surface area contributed by atoms with E-state index in [1.165, 1.54) is 24.3 Å². The fraction of sp³-hybridized carbons (Fsp3) is 0.200. The van der Waals surface area contributed by atoms with Crippen LogP contribution in [-0.4, -0.2) is 0 Å². The van der Waals surface area contributed by atoms with Gasteiger partial charge in [-0.15, -0.1) is 0 Å². The highest BCUT2D eigenvalue weighted by Gasteiger charge is 2.11. The van der Waals surface area contributed by atoms with Gasteiger partial charge in [0.25, 0.3) is 0 Å². The quantitative estimate of drug-likeness (QED) is 0.898. The van der Waals surface area contributed by atoms with Crippen LogP contribution in [-0.2, 0) is 6.42 Å². The molecule has 0 amide bonds. The standard InChI is InChI=1S/C15H14ClF2N/c1-9-6-11(17)3-4-12(9)15(19)8-10-2-5-13(16)14(18)7-10/h2-7,15H,8,19H2,1H3. The predicted molar refractivity (Wildman–Crippen MR) is 73.2 cm³/mol. The topological polar surface area (TPSA) is 26.0 Å². The van der Waals surface area contributed by atoms with Crippen molar-refractivity contribution < 1.29 is 8.78 Å². The van der Waals surface area contributed by atoms with Gasteiger partial charge in [-0.05, 0) is 54.3 Å². The third kappa shape index (κ3) is 3.31. The highest BCUT2D eigenvalue weighted by Crippen LogP contribution is 2.22. The van der Waals surface area contributed by atoms with Crippen LogP contribution in [0.15, 0.2) is 36.4 Å². The molecule has 0 fully saturated rings. The first-order valence-electron chi connectivity index (χ1n) is 5.93. The zero-order valence-electron chi connectivity index (χ0n) is 10.5. The van der Waals surface area contributed by atoms with Gasteiger partial charge >= 0.3 is 0 Å². The molecule has 0 saturated carbocycles. The second-order valence-corrected chi connectivity index (χ2v) is 4.97. The van der Waals surface area contributed by atoms with Gasteiger partial charge in [0.15, 0.2) is 0 Å². The van der Waals surface area contributed by atoms with Crippen molar-refractivity contribution in [3.63, 3.8) is 0 Å². The smallest absolute Gasteiger partial charge is 0.142 e. The molecule has 0 aliphatic heterocycles. The highest BCUT2D eigenvalue weighted by molar-refractivity contribution is 6.30. The van der Waals surface area contributed by atoms with E-state index in [1.54, 1.807) is 19.1 Å². The maximum Gasteiger partial charge on any atom is 0.142 e. The van der Waals surface area contributed by atoms with E-state index in [2.05, 4.69) is 0 Å². The van der Waals surface area contributed by atoms with E-state index in [4.69, 9.17) is 17.3 Å². The summed E-state index contributed by atoms with van der Waals surface area (Å²) in [6, 6.07) is 8.81. The lowest BCUT2D eigenvalue weighted by Gasteiger charge is -2.15. The Morgan fingerprint density at radius 1 is 1.16 bits per heavy atom. The molecule has 4 heteroatoms. The fourth-order valence-electron chi connectivity index (χ4n) is 2.09. The monoisotopic (exact) mass is 281 g/mol. The molecule has 1 nitrogen and oxygen atoms in total. The first-order valence-corrected chi connectivity index (χ1v) is 6.30. The Morgan fingerprint density at radius 2 is 1.89 bits per heavy atom. The van der Waals surface area contributed by atoms with Gasteiger partial charge in [0.1, 0.15) is 11.6 Å². The molecule has 0 aliphatic rings. The summed E-state index contributed by atoms with van der Waals surface area (Å²) in [4.78, 5) is 0. The summed E-state index contributed by atoms with van der Waals surface area (Å²) in [5.41, 5.74) is 8.50. The van der Waals surface area contributed by atoms with Crippen LogP contribution >= 0.6 is 11.6 Å². The Bertz CT molecular complexity index is 599. The van der Waals surface area contributed by atoms with E-state index in [0.29, 0.717) is 6.42 Å². The van der Waals surface area contributed by atoms with Crippen molar-refractivity contribution in [3.05, 3.63) is 69.7 Å². The molecule has 0 radical (unpaired) electrons. The summed E-state index contributed by atoms with van der Waals surface area (Å²) in [5, 5.41) is 0.0929. The minimum Gasteiger partial charge on any atom is -0.324 e. The number of nitrogens with two attached hydrogens (primary N) is 1. The van der Waals surface area contributed by atoms with E-state index < -0.39 is 5.82 Å². The van der Waals surface area contributed by atoms with Crippen LogP contribution in [0, 0.1) is 18.6 Å². The van der Waals surface area contributed by atoms with Crippen LogP contribution in [0.4, 0.5) is 8.78 Å². The van der Waals surface area contributed by atoms with Crippen molar-refractivity contribution in [3.8, 4) is 0 Å². The molecule has 2 rings (SSSR count). The van der Waals surface area contributed by atoms with Crippen molar-refractivity contribution in [1.29, 1.82) is 0 Å². The lowest BCUT2D eigenvalue weighted by molar-refractivity contribution is 0.618. The predicted octanol–water partition coefficient (Wildman–Crippen LogP) is 4.17. The van der Waals surface area contributed by atoms with Crippen molar-refractivity contribution >= 4 is 11.6 Å². The van der Waals surface area contributed by atoms with Gasteiger partial charge < -0.3 is 5.73 Å². The summed E-state index contributed by atoms with van der Waals surface area (Å²) in [6.07, 6.45) is 0.473. The minimum atomic E-state index is -0.456. The molecule has 0 aliphatic carbocycles. The summed E-state index contributed by atoms with van der Waals surface area (Å²) in [7, 11) is 0. The van der Waals surface area contributed by atoms with Crippen LogP contribution in [0.5, 0.6) is 0 Å². The fourth-order valence-corrected chi connectivity index (χ4v) is 2.20. The van der Waals surface area contributed by atoms with Gasteiger partial charge in [-0.1, -0.05) is 23.7 Å². The Balaban J connectivity index is 2.20. The van der Waals surface area contributed by atoms with Gasteiger partial charge in [-0.25, -0.2) is 8.78 Å². The van der Waals surface area contributed by atoms with Crippen molar-refractivity contribution in [2.75, 3.05) is 0 Å². The summed E-state index contributed by atoms with van der Waals surface area (Å²) >= 11 is 5.63. The molecular weight excluding hydrogens is 268 g/mol. The zero-order valence-corrected chi connectivity index (χ0v) is 11.2. The lowest BCUT2D eigenvalue weighted by atomic mass is 9.96.